The molecule has 6 nitrogen and oxygen atoms in total. The molecular weight excluding hydrogens is 436 g/mol. The van der Waals surface area contributed by atoms with Gasteiger partial charge in [0.25, 0.3) is 11.5 Å². The van der Waals surface area contributed by atoms with Gasteiger partial charge in [0.2, 0.25) is 5.95 Å². The number of piperazine rings is 1. The molecule has 2 atom stereocenters. The normalized spacial score (nSPS) is 20.1. The number of aromatic nitrogens is 2. The van der Waals surface area contributed by atoms with Crippen LogP contribution in [-0.2, 0) is 0 Å². The molecule has 1 amide bonds. The van der Waals surface area contributed by atoms with Gasteiger partial charge in [-0.1, -0.05) is 60.7 Å². The van der Waals surface area contributed by atoms with Crippen molar-refractivity contribution in [3.63, 3.8) is 0 Å². The summed E-state index contributed by atoms with van der Waals surface area (Å²) in [6, 6.07) is 15.4. The van der Waals surface area contributed by atoms with Crippen molar-refractivity contribution in [3.8, 4) is 0 Å². The molecule has 0 unspecified atom stereocenters. The maximum absolute atomic E-state index is 13.1. The second-order valence-electron chi connectivity index (χ2n) is 9.22. The van der Waals surface area contributed by atoms with Crippen LogP contribution in [0.1, 0.15) is 35.2 Å². The molecule has 3 aromatic rings. The molecule has 1 aliphatic heterocycles. The summed E-state index contributed by atoms with van der Waals surface area (Å²) in [7, 11) is 0. The molecule has 35 heavy (non-hydrogen) atoms. The highest BCUT2D eigenvalue weighted by atomic mass is 16.2. The van der Waals surface area contributed by atoms with E-state index in [0.717, 1.165) is 12.0 Å². The number of amides is 1. The molecule has 2 fully saturated rings. The van der Waals surface area contributed by atoms with Gasteiger partial charge >= 0.3 is 0 Å². The minimum atomic E-state index is -0.139. The van der Waals surface area contributed by atoms with E-state index in [1.165, 1.54) is 5.56 Å². The van der Waals surface area contributed by atoms with E-state index in [0.29, 0.717) is 60.4 Å². The van der Waals surface area contributed by atoms with Gasteiger partial charge in [0, 0.05) is 31.7 Å². The zero-order valence-electron chi connectivity index (χ0n) is 20.0. The average Bonchev–Trinajstić information content (AvgIpc) is 3.70. The lowest BCUT2D eigenvalue weighted by Crippen LogP contribution is -2.49. The molecule has 2 aromatic carbocycles. The maximum Gasteiger partial charge on any atom is 0.260 e. The lowest BCUT2D eigenvalue weighted by molar-refractivity contribution is 0.0746. The van der Waals surface area contributed by atoms with E-state index >= 15 is 0 Å². The predicted molar refractivity (Wildman–Crippen MR) is 141 cm³/mol. The number of anilines is 1. The molecule has 1 saturated heterocycles. The van der Waals surface area contributed by atoms with Gasteiger partial charge in [0.15, 0.2) is 0 Å². The van der Waals surface area contributed by atoms with Gasteiger partial charge < -0.3 is 9.80 Å². The number of carbonyl (C=O) groups excluding carboxylic acids is 1. The molecule has 2 heterocycles. The first-order chi connectivity index (χ1) is 17.0. The highest BCUT2D eigenvalue weighted by Crippen LogP contribution is 2.51. The SMILES string of the molecule is C=C(/C=C\C=C/C)[C@H]1C[C@@H]1c1ccc(C(=O)N2CCN(c3nc4ccccc4c(=O)[nH]3)CC2)cc1. The van der Waals surface area contributed by atoms with E-state index < -0.39 is 0 Å². The number of hydrogen-bond donors (Lipinski definition) is 1. The highest BCUT2D eigenvalue weighted by Gasteiger charge is 2.39. The fourth-order valence-electron chi connectivity index (χ4n) is 4.79. The van der Waals surface area contributed by atoms with Gasteiger partial charge in [0.05, 0.1) is 10.9 Å². The third kappa shape index (κ3) is 4.83. The lowest BCUT2D eigenvalue weighted by Gasteiger charge is -2.35. The quantitative estimate of drug-likeness (QED) is 0.536. The molecule has 6 heteroatoms. The summed E-state index contributed by atoms with van der Waals surface area (Å²) in [6.45, 7) is 8.62. The first-order valence-electron chi connectivity index (χ1n) is 12.2. The molecule has 178 valence electrons. The van der Waals surface area contributed by atoms with Crippen LogP contribution >= 0.6 is 0 Å². The smallest absolute Gasteiger partial charge is 0.260 e. The van der Waals surface area contributed by atoms with Crippen LogP contribution in [0.3, 0.4) is 0 Å². The molecule has 0 spiro atoms. The van der Waals surface area contributed by atoms with Crippen molar-refractivity contribution in [2.75, 3.05) is 31.1 Å². The van der Waals surface area contributed by atoms with Gasteiger partial charge in [-0.2, -0.15) is 0 Å². The Morgan fingerprint density at radius 3 is 2.54 bits per heavy atom. The topological polar surface area (TPSA) is 69.3 Å². The van der Waals surface area contributed by atoms with Gasteiger partial charge in [0.1, 0.15) is 0 Å². The Bertz CT molecular complexity index is 1360. The van der Waals surface area contributed by atoms with Crippen molar-refractivity contribution < 1.29 is 4.79 Å². The highest BCUT2D eigenvalue weighted by molar-refractivity contribution is 5.94. The average molecular weight is 467 g/mol. The van der Waals surface area contributed by atoms with Crippen LogP contribution in [0.25, 0.3) is 10.9 Å². The fourth-order valence-corrected chi connectivity index (χ4v) is 4.79. The molecule has 0 radical (unpaired) electrons. The zero-order chi connectivity index (χ0) is 24.4. The van der Waals surface area contributed by atoms with E-state index in [2.05, 4.69) is 34.8 Å². The van der Waals surface area contributed by atoms with Crippen LogP contribution in [0.15, 0.2) is 89.8 Å². The summed E-state index contributed by atoms with van der Waals surface area (Å²) in [5, 5.41) is 0.584. The van der Waals surface area contributed by atoms with Crippen LogP contribution in [-0.4, -0.2) is 47.0 Å². The summed E-state index contributed by atoms with van der Waals surface area (Å²) >= 11 is 0. The van der Waals surface area contributed by atoms with Gasteiger partial charge in [-0.25, -0.2) is 4.98 Å². The van der Waals surface area contributed by atoms with E-state index in [-0.39, 0.29) is 11.5 Å². The first-order valence-corrected chi connectivity index (χ1v) is 12.2. The number of aromatic amines is 1. The standard InChI is InChI=1S/C29H30N4O2/c1-3-4-5-8-20(2)24-19-25(24)21-11-13-22(14-12-21)28(35)32-15-17-33(18-16-32)29-30-26-10-7-6-9-23(26)27(34)31-29/h3-14,24-25H,2,15-19H2,1H3,(H,30,31,34)/b4-3-,8-5-/t24-,25-/m1/s1. The number of allylic oxidation sites excluding steroid dienone is 5. The van der Waals surface area contributed by atoms with Crippen LogP contribution in [0.4, 0.5) is 5.95 Å². The number of benzene rings is 2. The minimum Gasteiger partial charge on any atom is -0.339 e. The molecule has 1 aromatic heterocycles. The van der Waals surface area contributed by atoms with Crippen LogP contribution < -0.4 is 10.5 Å². The molecule has 1 saturated carbocycles. The summed E-state index contributed by atoms with van der Waals surface area (Å²) in [4.78, 5) is 36.9. The van der Waals surface area contributed by atoms with Crippen molar-refractivity contribution in [2.24, 2.45) is 5.92 Å². The van der Waals surface area contributed by atoms with Crippen LogP contribution in [0.5, 0.6) is 0 Å². The third-order valence-corrected chi connectivity index (χ3v) is 6.93. The second kappa shape index (κ2) is 9.74. The molecule has 5 rings (SSSR count). The maximum atomic E-state index is 13.1. The summed E-state index contributed by atoms with van der Waals surface area (Å²) in [5.41, 5.74) is 3.68. The van der Waals surface area contributed by atoms with E-state index in [1.807, 2.05) is 65.3 Å². The number of hydrogen-bond acceptors (Lipinski definition) is 4. The van der Waals surface area contributed by atoms with Gasteiger partial charge in [-0.3, -0.25) is 14.6 Å². The van der Waals surface area contributed by atoms with E-state index in [9.17, 15) is 9.59 Å². The molecule has 2 aliphatic rings. The van der Waals surface area contributed by atoms with Gasteiger partial charge in [-0.15, -0.1) is 0 Å². The van der Waals surface area contributed by atoms with Crippen molar-refractivity contribution in [1.82, 2.24) is 14.9 Å². The second-order valence-corrected chi connectivity index (χ2v) is 9.22. The number of nitrogens with zero attached hydrogens (tertiary/aromatic N) is 3. The molecule has 1 N–H and O–H groups in total. The summed E-state index contributed by atoms with van der Waals surface area (Å²) in [6.07, 6.45) is 9.25. The Balaban J connectivity index is 1.19. The Labute approximate surface area is 205 Å². The largest absolute Gasteiger partial charge is 0.339 e. The molecular formula is C29H30N4O2. The number of para-hydroxylation sites is 1. The Kier molecular flexibility index (Phi) is 6.36. The van der Waals surface area contributed by atoms with Crippen LogP contribution in [0.2, 0.25) is 0 Å². The summed E-state index contributed by atoms with van der Waals surface area (Å²) < 4.78 is 0. The number of H-pyrrole nitrogens is 1. The fraction of sp³-hybridized carbons (Fsp3) is 0.276. The molecule has 0 bridgehead atoms. The minimum absolute atomic E-state index is 0.0437. The van der Waals surface area contributed by atoms with Crippen molar-refractivity contribution >= 4 is 22.8 Å². The predicted octanol–water partition coefficient (Wildman–Crippen LogP) is 4.68. The Morgan fingerprint density at radius 1 is 1.06 bits per heavy atom. The Morgan fingerprint density at radius 2 is 1.80 bits per heavy atom. The van der Waals surface area contributed by atoms with Crippen molar-refractivity contribution in [1.29, 1.82) is 0 Å². The van der Waals surface area contributed by atoms with Crippen LogP contribution in [0, 0.1) is 5.92 Å². The Hall–Kier alpha value is -3.93. The number of fused-ring (bicyclic) bond motifs is 1. The van der Waals surface area contributed by atoms with E-state index in [1.54, 1.807) is 6.07 Å². The third-order valence-electron chi connectivity index (χ3n) is 6.93. The number of nitrogens with one attached hydrogen (secondary N) is 1. The van der Waals surface area contributed by atoms with E-state index in [4.69, 9.17) is 0 Å². The monoisotopic (exact) mass is 466 g/mol. The molecule has 1 aliphatic carbocycles. The van der Waals surface area contributed by atoms with Gasteiger partial charge in [-0.05, 0) is 55.0 Å². The summed E-state index contributed by atoms with van der Waals surface area (Å²) in [5.74, 6) is 1.58. The van der Waals surface area contributed by atoms with Crippen molar-refractivity contribution in [2.45, 2.75) is 19.3 Å². The lowest BCUT2D eigenvalue weighted by atomic mass is 10.0. The van der Waals surface area contributed by atoms with Crippen molar-refractivity contribution in [3.05, 3.63) is 106 Å². The first kappa shape index (κ1) is 22.8. The number of rotatable bonds is 6. The number of carbonyl (C=O) groups is 1. The zero-order valence-corrected chi connectivity index (χ0v) is 20.0.